The van der Waals surface area contributed by atoms with Crippen LogP contribution in [0.25, 0.3) is 0 Å². The van der Waals surface area contributed by atoms with Crippen LogP contribution in [0.5, 0.6) is 0 Å². The van der Waals surface area contributed by atoms with E-state index in [-0.39, 0.29) is 5.91 Å². The van der Waals surface area contributed by atoms with Crippen LogP contribution in [-0.2, 0) is 0 Å². The summed E-state index contributed by atoms with van der Waals surface area (Å²) in [5.41, 5.74) is 0.570. The third kappa shape index (κ3) is 5.57. The van der Waals surface area contributed by atoms with Crippen molar-refractivity contribution in [3.05, 3.63) is 22.3 Å². The number of amides is 1. The molecule has 0 aromatic carbocycles. The van der Waals surface area contributed by atoms with Gasteiger partial charge in [0.15, 0.2) is 0 Å². The summed E-state index contributed by atoms with van der Waals surface area (Å²) in [6, 6.07) is 1.78. The SMILES string of the molecule is CCNc1ncc(Br)cc1C(=O)NCCCN(C)C. The zero-order chi connectivity index (χ0) is 14.3. The van der Waals surface area contributed by atoms with E-state index < -0.39 is 0 Å². The van der Waals surface area contributed by atoms with Crippen LogP contribution >= 0.6 is 15.9 Å². The Labute approximate surface area is 122 Å². The van der Waals surface area contributed by atoms with Crippen molar-refractivity contribution in [2.75, 3.05) is 39.0 Å². The highest BCUT2D eigenvalue weighted by Crippen LogP contribution is 2.17. The largest absolute Gasteiger partial charge is 0.370 e. The van der Waals surface area contributed by atoms with E-state index in [0.29, 0.717) is 17.9 Å². The normalized spacial score (nSPS) is 10.6. The zero-order valence-corrected chi connectivity index (χ0v) is 13.2. The topological polar surface area (TPSA) is 57.3 Å². The third-order valence-corrected chi connectivity index (χ3v) is 2.94. The van der Waals surface area contributed by atoms with Crippen LogP contribution < -0.4 is 10.6 Å². The van der Waals surface area contributed by atoms with Gasteiger partial charge >= 0.3 is 0 Å². The zero-order valence-electron chi connectivity index (χ0n) is 11.7. The van der Waals surface area contributed by atoms with Gasteiger partial charge in [0.2, 0.25) is 0 Å². The molecule has 0 radical (unpaired) electrons. The number of hydrogen-bond donors (Lipinski definition) is 2. The van der Waals surface area contributed by atoms with E-state index in [2.05, 4.69) is 36.4 Å². The molecule has 1 rings (SSSR count). The van der Waals surface area contributed by atoms with E-state index >= 15 is 0 Å². The molecule has 19 heavy (non-hydrogen) atoms. The number of nitrogens with one attached hydrogen (secondary N) is 2. The molecular weight excluding hydrogens is 308 g/mol. The highest BCUT2D eigenvalue weighted by atomic mass is 79.9. The number of carbonyl (C=O) groups is 1. The molecule has 0 spiro atoms. The number of hydrogen-bond acceptors (Lipinski definition) is 4. The predicted molar refractivity (Wildman–Crippen MR) is 81.6 cm³/mol. The fourth-order valence-corrected chi connectivity index (χ4v) is 1.94. The lowest BCUT2D eigenvalue weighted by molar-refractivity contribution is 0.0952. The van der Waals surface area contributed by atoms with Gasteiger partial charge in [0, 0.05) is 23.8 Å². The molecule has 0 aliphatic rings. The summed E-state index contributed by atoms with van der Waals surface area (Å²) in [6.45, 7) is 4.32. The molecule has 1 heterocycles. The standard InChI is InChI=1S/C13H21BrN4O/c1-4-15-12-11(8-10(14)9-17-12)13(19)16-6-5-7-18(2)3/h8-9H,4-7H2,1-3H3,(H,15,17)(H,16,19). The van der Waals surface area contributed by atoms with Crippen molar-refractivity contribution < 1.29 is 4.79 Å². The monoisotopic (exact) mass is 328 g/mol. The van der Waals surface area contributed by atoms with E-state index in [1.165, 1.54) is 0 Å². The molecule has 0 saturated carbocycles. The average Bonchev–Trinajstić information content (AvgIpc) is 2.36. The number of nitrogens with zero attached hydrogens (tertiary/aromatic N) is 2. The lowest BCUT2D eigenvalue weighted by Gasteiger charge is -2.12. The summed E-state index contributed by atoms with van der Waals surface area (Å²) in [4.78, 5) is 18.4. The number of rotatable bonds is 7. The van der Waals surface area contributed by atoms with Gasteiger partial charge in [-0.05, 0) is 56.0 Å². The van der Waals surface area contributed by atoms with Crippen LogP contribution in [0, 0.1) is 0 Å². The second-order valence-corrected chi connectivity index (χ2v) is 5.41. The van der Waals surface area contributed by atoms with Crippen LogP contribution in [0.4, 0.5) is 5.82 Å². The van der Waals surface area contributed by atoms with E-state index in [0.717, 1.165) is 24.0 Å². The smallest absolute Gasteiger partial charge is 0.255 e. The first kappa shape index (κ1) is 15.9. The molecule has 0 aliphatic carbocycles. The van der Waals surface area contributed by atoms with Crippen LogP contribution in [0.1, 0.15) is 23.7 Å². The minimum atomic E-state index is -0.0940. The maximum Gasteiger partial charge on any atom is 0.255 e. The average molecular weight is 329 g/mol. The van der Waals surface area contributed by atoms with E-state index in [1.54, 1.807) is 12.3 Å². The second kappa shape index (κ2) is 8.12. The van der Waals surface area contributed by atoms with Gasteiger partial charge in [0.25, 0.3) is 5.91 Å². The molecule has 0 aliphatic heterocycles. The Morgan fingerprint density at radius 2 is 2.21 bits per heavy atom. The number of aromatic nitrogens is 1. The molecule has 106 valence electrons. The first-order valence-electron chi connectivity index (χ1n) is 6.37. The molecule has 1 aromatic heterocycles. The van der Waals surface area contributed by atoms with Crippen molar-refractivity contribution in [1.82, 2.24) is 15.2 Å². The van der Waals surface area contributed by atoms with Gasteiger partial charge in [-0.2, -0.15) is 0 Å². The molecule has 1 amide bonds. The molecule has 0 atom stereocenters. The maximum absolute atomic E-state index is 12.1. The van der Waals surface area contributed by atoms with E-state index in [4.69, 9.17) is 0 Å². The van der Waals surface area contributed by atoms with Crippen molar-refractivity contribution in [2.24, 2.45) is 0 Å². The summed E-state index contributed by atoms with van der Waals surface area (Å²) < 4.78 is 0.799. The molecule has 0 fully saturated rings. The summed E-state index contributed by atoms with van der Waals surface area (Å²) in [7, 11) is 4.03. The minimum absolute atomic E-state index is 0.0940. The van der Waals surface area contributed by atoms with Crippen molar-refractivity contribution in [2.45, 2.75) is 13.3 Å². The Morgan fingerprint density at radius 3 is 2.84 bits per heavy atom. The van der Waals surface area contributed by atoms with Gasteiger partial charge in [-0.3, -0.25) is 4.79 Å². The first-order chi connectivity index (χ1) is 9.04. The molecular formula is C13H21BrN4O. The number of carbonyl (C=O) groups excluding carboxylic acids is 1. The molecule has 0 bridgehead atoms. The Bertz CT molecular complexity index is 423. The molecule has 2 N–H and O–H groups in total. The van der Waals surface area contributed by atoms with Crippen molar-refractivity contribution in [3.63, 3.8) is 0 Å². The van der Waals surface area contributed by atoms with Crippen molar-refractivity contribution in [3.8, 4) is 0 Å². The van der Waals surface area contributed by atoms with Gasteiger partial charge in [-0.25, -0.2) is 4.98 Å². The predicted octanol–water partition coefficient (Wildman–Crippen LogP) is 1.96. The van der Waals surface area contributed by atoms with Crippen LogP contribution in [0.15, 0.2) is 16.7 Å². The van der Waals surface area contributed by atoms with E-state index in [9.17, 15) is 4.79 Å². The fourth-order valence-electron chi connectivity index (χ4n) is 1.61. The lowest BCUT2D eigenvalue weighted by Crippen LogP contribution is -2.28. The fraction of sp³-hybridized carbons (Fsp3) is 0.538. The van der Waals surface area contributed by atoms with Gasteiger partial charge in [-0.1, -0.05) is 0 Å². The van der Waals surface area contributed by atoms with Crippen LogP contribution in [0.3, 0.4) is 0 Å². The minimum Gasteiger partial charge on any atom is -0.370 e. The Kier molecular flexibility index (Phi) is 6.80. The Balaban J connectivity index is 2.62. The first-order valence-corrected chi connectivity index (χ1v) is 7.16. The molecule has 1 aromatic rings. The Morgan fingerprint density at radius 1 is 1.47 bits per heavy atom. The van der Waals surface area contributed by atoms with Crippen LogP contribution in [-0.4, -0.2) is 49.5 Å². The summed E-state index contributed by atoms with van der Waals surface area (Å²) in [5, 5.41) is 6.01. The maximum atomic E-state index is 12.1. The summed E-state index contributed by atoms with van der Waals surface area (Å²) in [6.07, 6.45) is 2.61. The third-order valence-electron chi connectivity index (χ3n) is 2.51. The number of pyridine rings is 1. The Hall–Kier alpha value is -1.14. The lowest BCUT2D eigenvalue weighted by atomic mass is 10.2. The van der Waals surface area contributed by atoms with Gasteiger partial charge < -0.3 is 15.5 Å². The quantitative estimate of drug-likeness (QED) is 0.751. The van der Waals surface area contributed by atoms with E-state index in [1.807, 2.05) is 21.0 Å². The van der Waals surface area contributed by atoms with Gasteiger partial charge in [-0.15, -0.1) is 0 Å². The number of halogens is 1. The van der Waals surface area contributed by atoms with Gasteiger partial charge in [0.05, 0.1) is 5.56 Å². The summed E-state index contributed by atoms with van der Waals surface area (Å²) >= 11 is 3.34. The second-order valence-electron chi connectivity index (χ2n) is 4.49. The molecule has 6 heteroatoms. The highest BCUT2D eigenvalue weighted by molar-refractivity contribution is 9.10. The molecule has 5 nitrogen and oxygen atoms in total. The van der Waals surface area contributed by atoms with Crippen LogP contribution in [0.2, 0.25) is 0 Å². The molecule has 0 unspecified atom stereocenters. The van der Waals surface area contributed by atoms with Gasteiger partial charge in [0.1, 0.15) is 5.82 Å². The number of anilines is 1. The van der Waals surface area contributed by atoms with Crippen molar-refractivity contribution in [1.29, 1.82) is 0 Å². The highest BCUT2D eigenvalue weighted by Gasteiger charge is 2.12. The summed E-state index contributed by atoms with van der Waals surface area (Å²) in [5.74, 6) is 0.527. The molecule has 0 saturated heterocycles. The van der Waals surface area contributed by atoms with Crippen molar-refractivity contribution >= 4 is 27.7 Å².